The van der Waals surface area contributed by atoms with Crippen LogP contribution in [0.1, 0.15) is 30.2 Å². The minimum absolute atomic E-state index is 0. The van der Waals surface area contributed by atoms with E-state index in [0.29, 0.717) is 96.5 Å². The van der Waals surface area contributed by atoms with Gasteiger partial charge in [0.05, 0.1) is 30.7 Å². The molecule has 0 spiro atoms. The molecule has 0 radical (unpaired) electrons. The molecule has 8 heterocycles. The number of fused-ring (bicyclic) bond motifs is 2. The number of ether oxygens (including phenoxy) is 1. The van der Waals surface area contributed by atoms with E-state index in [2.05, 4.69) is 34.0 Å². The molecule has 14 rings (SSSR count). The monoisotopic (exact) mass is 1570 g/mol. The van der Waals surface area contributed by atoms with Crippen LogP contribution < -0.4 is 33.6 Å². The van der Waals surface area contributed by atoms with E-state index in [1.54, 1.807) is 112 Å². The minimum atomic E-state index is -3.80. The molecule has 548 valence electrons. The highest BCUT2D eigenvalue weighted by molar-refractivity contribution is 7.93. The van der Waals surface area contributed by atoms with Crippen LogP contribution in [0.4, 0.5) is 41.2 Å². The number of hydrogen-bond donors (Lipinski definition) is 3. The Kier molecular flexibility index (Phi) is 22.8. The lowest BCUT2D eigenvalue weighted by Gasteiger charge is -2.37. The second kappa shape index (κ2) is 32.1. The summed E-state index contributed by atoms with van der Waals surface area (Å²) in [6.07, 6.45) is 8.18. The zero-order valence-electron chi connectivity index (χ0n) is 55.4. The molecule has 3 saturated heterocycles. The minimum Gasteiger partial charge on any atom is -0.484 e. The summed E-state index contributed by atoms with van der Waals surface area (Å²) >= 11 is 15.5. The Morgan fingerprint density at radius 1 is 0.529 bits per heavy atom. The molecule has 3 aliphatic heterocycles. The Hall–Kier alpha value is -9.74. The molecule has 5 aromatic heterocycles. The summed E-state index contributed by atoms with van der Waals surface area (Å²) in [6, 6.07) is 36.5. The van der Waals surface area contributed by atoms with Crippen LogP contribution in [0.5, 0.6) is 5.75 Å². The van der Waals surface area contributed by atoms with Crippen LogP contribution in [0.25, 0.3) is 21.8 Å². The number of aromatic nitrogens is 5. The van der Waals surface area contributed by atoms with E-state index in [4.69, 9.17) is 27.9 Å². The van der Waals surface area contributed by atoms with Crippen molar-refractivity contribution in [2.75, 3.05) is 107 Å². The number of nitrogens with one attached hydrogen (secondary N) is 3. The highest BCUT2D eigenvalue weighted by Gasteiger charge is 2.33. The SMILES string of the molecule is C[C@H](C(=O)N1CCN(c2ccc(S(=O)(=O)Nc3nccs3)cc2)C(=O)C1)n1ccc2cccc(F)c21.C[C@H](C(=O)N1CCN(c2ccc(S(=O)(=O)Nc3nccs3)cc2)CC1)n1ccc2ccc(Cl)cc21.O=C(COc1ccc(F)c(Cl)c1)N1CCN(c2cccc(S(=O)(=O)Nc3nccs3)c2)CC1.[HH].[HH].[HH]. The summed E-state index contributed by atoms with van der Waals surface area (Å²) in [6.45, 7) is 8.34. The van der Waals surface area contributed by atoms with E-state index in [0.717, 1.165) is 22.3 Å². The lowest BCUT2D eigenvalue weighted by molar-refractivity contribution is -0.139. The van der Waals surface area contributed by atoms with Crippen LogP contribution >= 0.6 is 57.2 Å². The maximum atomic E-state index is 14.4. The predicted molar refractivity (Wildman–Crippen MR) is 406 cm³/mol. The molecule has 2 atom stereocenters. The summed E-state index contributed by atoms with van der Waals surface area (Å²) in [5.41, 5.74) is 3.50. The van der Waals surface area contributed by atoms with Gasteiger partial charge in [0.2, 0.25) is 17.7 Å². The van der Waals surface area contributed by atoms with Gasteiger partial charge in [-0.05, 0) is 128 Å². The predicted octanol–water partition coefficient (Wildman–Crippen LogP) is 12.1. The van der Waals surface area contributed by atoms with Gasteiger partial charge in [-0.15, -0.1) is 34.0 Å². The molecule has 0 bridgehead atoms. The van der Waals surface area contributed by atoms with Gasteiger partial charge in [0.25, 0.3) is 36.0 Å². The van der Waals surface area contributed by atoms with Crippen LogP contribution in [0.3, 0.4) is 0 Å². The van der Waals surface area contributed by atoms with Gasteiger partial charge in [0, 0.05) is 150 Å². The third kappa shape index (κ3) is 17.4. The van der Waals surface area contributed by atoms with Crippen molar-refractivity contribution in [3.8, 4) is 5.75 Å². The molecule has 6 aromatic carbocycles. The van der Waals surface area contributed by atoms with Crippen molar-refractivity contribution in [2.45, 2.75) is 40.6 Å². The van der Waals surface area contributed by atoms with Gasteiger partial charge in [0.15, 0.2) is 22.0 Å². The number of sulfonamides is 3. The number of anilines is 6. The number of piperazine rings is 3. The quantitative estimate of drug-likeness (QED) is 0.0678. The number of carbonyl (C=O) groups is 4. The number of para-hydroxylation sites is 1. The van der Waals surface area contributed by atoms with Crippen molar-refractivity contribution in [2.24, 2.45) is 0 Å². The second-order valence-corrected chi connectivity index (χ2v) is 32.4. The number of rotatable bonds is 19. The molecule has 4 amide bonds. The summed E-state index contributed by atoms with van der Waals surface area (Å²) in [4.78, 5) is 74.7. The molecule has 25 nitrogen and oxygen atoms in total. The van der Waals surface area contributed by atoms with Gasteiger partial charge in [0.1, 0.15) is 36.0 Å². The average Bonchev–Trinajstić information content (AvgIpc) is 1.75. The summed E-state index contributed by atoms with van der Waals surface area (Å²) in [5, 5.41) is 8.28. The van der Waals surface area contributed by atoms with E-state index in [-0.39, 0.29) is 78.5 Å². The average molecular weight is 1570 g/mol. The van der Waals surface area contributed by atoms with Gasteiger partial charge >= 0.3 is 0 Å². The zero-order valence-corrected chi connectivity index (χ0v) is 61.8. The fraction of sp³-hybridized carbons (Fsp3) is 0.232. The molecule has 3 fully saturated rings. The highest BCUT2D eigenvalue weighted by atomic mass is 35.5. The normalized spacial score (nSPS) is 15.0. The summed E-state index contributed by atoms with van der Waals surface area (Å²) in [5.74, 6) is -1.35. The number of halogens is 4. The number of benzene rings is 6. The molecule has 0 unspecified atom stereocenters. The van der Waals surface area contributed by atoms with Gasteiger partial charge in [-0.3, -0.25) is 33.3 Å². The number of amides is 4. The van der Waals surface area contributed by atoms with Crippen molar-refractivity contribution in [1.29, 1.82) is 0 Å². The number of carbonyl (C=O) groups excluding carboxylic acids is 4. The lowest BCUT2D eigenvalue weighted by Crippen LogP contribution is -2.53. The maximum absolute atomic E-state index is 14.4. The van der Waals surface area contributed by atoms with Crippen LogP contribution in [0.2, 0.25) is 10.0 Å². The van der Waals surface area contributed by atoms with E-state index in [1.165, 1.54) is 98.7 Å². The van der Waals surface area contributed by atoms with Crippen molar-refractivity contribution in [3.63, 3.8) is 0 Å². The topological polar surface area (TPSA) is 284 Å². The lowest BCUT2D eigenvalue weighted by atomic mass is 10.2. The van der Waals surface area contributed by atoms with Crippen molar-refractivity contribution in [1.82, 2.24) is 38.8 Å². The van der Waals surface area contributed by atoms with E-state index in [9.17, 15) is 53.2 Å². The molecule has 0 aliphatic carbocycles. The highest BCUT2D eigenvalue weighted by Crippen LogP contribution is 2.31. The maximum Gasteiger partial charge on any atom is 0.263 e. The van der Waals surface area contributed by atoms with Crippen molar-refractivity contribution < 1.29 is 62.2 Å². The van der Waals surface area contributed by atoms with Gasteiger partial charge in [-0.25, -0.2) is 49.0 Å². The van der Waals surface area contributed by atoms with Gasteiger partial charge < -0.3 is 43.3 Å². The molecule has 11 aromatic rings. The number of hydrogen-bond acceptors (Lipinski definition) is 19. The van der Waals surface area contributed by atoms with E-state index in [1.807, 2.05) is 57.8 Å². The van der Waals surface area contributed by atoms with Crippen LogP contribution in [0.15, 0.2) is 201 Å². The van der Waals surface area contributed by atoms with Gasteiger partial charge in [-0.1, -0.05) is 47.5 Å². The first-order valence-electron chi connectivity index (χ1n) is 32.2. The summed E-state index contributed by atoms with van der Waals surface area (Å²) < 4.78 is 119. The van der Waals surface area contributed by atoms with E-state index < -0.39 is 47.7 Å². The van der Waals surface area contributed by atoms with Gasteiger partial charge in [-0.2, -0.15) is 0 Å². The molecular weight excluding hydrogens is 1500 g/mol. The smallest absolute Gasteiger partial charge is 0.263 e. The Labute approximate surface area is 624 Å². The molecule has 3 N–H and O–H groups in total. The van der Waals surface area contributed by atoms with Crippen LogP contribution in [-0.4, -0.2) is 166 Å². The fourth-order valence-electron chi connectivity index (χ4n) is 11.9. The second-order valence-electron chi connectivity index (χ2n) is 23.8. The summed E-state index contributed by atoms with van der Waals surface area (Å²) in [7, 11) is -11.2. The Morgan fingerprint density at radius 3 is 1.62 bits per heavy atom. The first-order chi connectivity index (χ1) is 49.9. The molecule has 3 aliphatic rings. The molecule has 0 saturated carbocycles. The van der Waals surface area contributed by atoms with Crippen molar-refractivity contribution in [3.05, 3.63) is 208 Å². The van der Waals surface area contributed by atoms with Crippen LogP contribution in [-0.2, 0) is 49.2 Å². The first-order valence-corrected chi connectivity index (χ1v) is 40.0. The molecular formula is C69H72Cl2F2N14O11S6. The zero-order chi connectivity index (χ0) is 73.5. The number of nitrogens with zero attached hydrogens (tertiary/aromatic N) is 11. The molecule has 104 heavy (non-hydrogen) atoms. The Bertz CT molecular complexity index is 5260. The standard InChI is InChI=1S/C24H24ClN5O3S2.C24H22FN5O4S2.C21H20ClFN4O4S2.3H2/c1-17(30-10-8-18-2-3-19(25)16-22(18)30)23(31)29-13-11-28(12-14-29)20-4-6-21(7-5-20)35(32,33)27-24-26-9-15-34-24;1-16(29-11-9-17-3-2-4-20(25)22(17)29)23(32)28-12-13-30(21(31)15-28)18-5-7-19(8-6-18)36(33,34)27-24-26-10-14-35-24;22-18-13-16(4-5-19(18)23)31-14-20(28)27-9-7-26(8-10-27)15-2-1-3-17(12-15)33(29,30)25-21-24-6-11-32-21;;;/h2-10,15-17H,11-14H2,1H3,(H,26,27);2-11,14,16H,12-13,15H2,1H3,(H,26,27);1-6,11-13H,7-10,14H2,(H,24,25);3*1H/t17-;16-;;;;/m11..../s1. The van der Waals surface area contributed by atoms with Crippen LogP contribution in [0, 0.1) is 11.6 Å². The third-order valence-corrected chi connectivity index (χ3v) is 24.4. The fourth-order valence-corrected chi connectivity index (χ4v) is 17.6. The largest absolute Gasteiger partial charge is 0.484 e. The third-order valence-electron chi connectivity index (χ3n) is 17.4. The molecule has 35 heteroatoms. The Morgan fingerprint density at radius 2 is 1.05 bits per heavy atom. The Balaban J connectivity index is 0.000000183. The number of thiazole rings is 3. The van der Waals surface area contributed by atoms with E-state index >= 15 is 0 Å². The van der Waals surface area contributed by atoms with Crippen molar-refractivity contribution >= 4 is 165 Å². The first kappa shape index (κ1) is 74.0.